The summed E-state index contributed by atoms with van der Waals surface area (Å²) >= 11 is 5.83. The molecule has 146 valence electrons. The second kappa shape index (κ2) is 7.73. The van der Waals surface area contributed by atoms with E-state index < -0.39 is 5.41 Å². The van der Waals surface area contributed by atoms with Crippen LogP contribution < -0.4 is 0 Å². The Hall–Kier alpha value is -1.70. The van der Waals surface area contributed by atoms with Crippen LogP contribution in [0.5, 0.6) is 0 Å². The minimum Gasteiger partial charge on any atom is -0.461 e. The lowest BCUT2D eigenvalue weighted by Gasteiger charge is -2.36. The number of morpholine rings is 1. The normalized spacial score (nSPS) is 25.6. The maximum atomic E-state index is 12.6. The molecule has 0 aliphatic carbocycles. The number of aromatic nitrogens is 1. The number of likely N-dealkylation sites (tertiary alicyclic amines) is 1. The standard InChI is InChI=1S/C19H24ClN3O4/c20-14-1-2-16(21-12-14)17(24)23-5-3-19(4-6-23)11-15(27-18(19)25)13-22-7-9-26-10-8-22/h1-2,12,15H,3-11,13H2. The van der Waals surface area contributed by atoms with Crippen molar-refractivity contribution in [3.8, 4) is 0 Å². The Bertz CT molecular complexity index is 697. The van der Waals surface area contributed by atoms with E-state index in [1.165, 1.54) is 6.20 Å². The monoisotopic (exact) mass is 393 g/mol. The number of carbonyl (C=O) groups excluding carboxylic acids is 2. The second-order valence-corrected chi connectivity index (χ2v) is 8.02. The molecule has 3 fully saturated rings. The van der Waals surface area contributed by atoms with Crippen molar-refractivity contribution in [1.82, 2.24) is 14.8 Å². The summed E-state index contributed by atoms with van der Waals surface area (Å²) in [5.41, 5.74) is -0.0595. The summed E-state index contributed by atoms with van der Waals surface area (Å²) < 4.78 is 11.1. The third kappa shape index (κ3) is 3.95. The number of esters is 1. The molecule has 4 heterocycles. The number of hydrogen-bond acceptors (Lipinski definition) is 6. The van der Waals surface area contributed by atoms with Gasteiger partial charge in [0, 0.05) is 45.3 Å². The molecule has 0 N–H and O–H groups in total. The lowest BCUT2D eigenvalue weighted by Crippen LogP contribution is -2.45. The number of hydrogen-bond donors (Lipinski definition) is 0. The van der Waals surface area contributed by atoms with E-state index in [1.54, 1.807) is 17.0 Å². The average molecular weight is 394 g/mol. The van der Waals surface area contributed by atoms with E-state index >= 15 is 0 Å². The van der Waals surface area contributed by atoms with Crippen LogP contribution in [0.25, 0.3) is 0 Å². The fourth-order valence-electron chi connectivity index (χ4n) is 4.22. The molecule has 1 aromatic rings. The summed E-state index contributed by atoms with van der Waals surface area (Å²) in [4.78, 5) is 33.4. The van der Waals surface area contributed by atoms with Gasteiger partial charge in [-0.15, -0.1) is 0 Å². The largest absolute Gasteiger partial charge is 0.461 e. The van der Waals surface area contributed by atoms with Gasteiger partial charge in [-0.1, -0.05) is 11.6 Å². The van der Waals surface area contributed by atoms with Crippen molar-refractivity contribution < 1.29 is 19.1 Å². The molecule has 7 nitrogen and oxygen atoms in total. The first kappa shape index (κ1) is 18.7. The lowest BCUT2D eigenvalue weighted by molar-refractivity contribution is -0.151. The van der Waals surface area contributed by atoms with Crippen LogP contribution in [0.15, 0.2) is 18.3 Å². The van der Waals surface area contributed by atoms with Crippen molar-refractivity contribution >= 4 is 23.5 Å². The van der Waals surface area contributed by atoms with Gasteiger partial charge in [0.25, 0.3) is 5.91 Å². The van der Waals surface area contributed by atoms with Gasteiger partial charge in [-0.2, -0.15) is 0 Å². The first-order valence-corrected chi connectivity index (χ1v) is 9.86. The molecule has 27 heavy (non-hydrogen) atoms. The predicted molar refractivity (Wildman–Crippen MR) is 98.6 cm³/mol. The Morgan fingerprint density at radius 1 is 1.22 bits per heavy atom. The summed E-state index contributed by atoms with van der Waals surface area (Å²) in [6, 6.07) is 3.30. The zero-order chi connectivity index (χ0) is 18.9. The molecule has 1 aromatic heterocycles. The number of rotatable bonds is 3. The van der Waals surface area contributed by atoms with Gasteiger partial charge in [-0.3, -0.25) is 14.5 Å². The van der Waals surface area contributed by atoms with Crippen LogP contribution in [0, 0.1) is 5.41 Å². The number of cyclic esters (lactones) is 1. The van der Waals surface area contributed by atoms with Crippen molar-refractivity contribution in [1.29, 1.82) is 0 Å². The van der Waals surface area contributed by atoms with Gasteiger partial charge < -0.3 is 14.4 Å². The second-order valence-electron chi connectivity index (χ2n) is 7.58. The minimum atomic E-state index is -0.443. The third-order valence-corrected chi connectivity index (χ3v) is 6.07. The highest BCUT2D eigenvalue weighted by Gasteiger charge is 2.51. The van der Waals surface area contributed by atoms with E-state index in [1.807, 2.05) is 0 Å². The molecular formula is C19H24ClN3O4. The topological polar surface area (TPSA) is 72.0 Å². The molecule has 1 atom stereocenters. The van der Waals surface area contributed by atoms with Gasteiger partial charge in [0.2, 0.25) is 0 Å². The Morgan fingerprint density at radius 2 is 1.96 bits per heavy atom. The zero-order valence-corrected chi connectivity index (χ0v) is 16.0. The summed E-state index contributed by atoms with van der Waals surface area (Å²) in [5, 5.41) is 0.504. The molecule has 8 heteroatoms. The van der Waals surface area contributed by atoms with E-state index in [9.17, 15) is 9.59 Å². The molecular weight excluding hydrogens is 370 g/mol. The summed E-state index contributed by atoms with van der Waals surface area (Å²) in [6.07, 6.45) is 3.45. The van der Waals surface area contributed by atoms with E-state index in [0.29, 0.717) is 36.6 Å². The molecule has 0 radical (unpaired) electrons. The molecule has 3 saturated heterocycles. The fourth-order valence-corrected chi connectivity index (χ4v) is 4.33. The minimum absolute atomic E-state index is 0.0595. The highest BCUT2D eigenvalue weighted by atomic mass is 35.5. The van der Waals surface area contributed by atoms with E-state index in [4.69, 9.17) is 21.1 Å². The van der Waals surface area contributed by atoms with Gasteiger partial charge in [0.15, 0.2) is 0 Å². The zero-order valence-electron chi connectivity index (χ0n) is 15.2. The smallest absolute Gasteiger partial charge is 0.312 e. The molecule has 3 aliphatic rings. The van der Waals surface area contributed by atoms with Crippen molar-refractivity contribution in [2.45, 2.75) is 25.4 Å². The average Bonchev–Trinajstić information content (AvgIpc) is 2.98. The Morgan fingerprint density at radius 3 is 2.63 bits per heavy atom. The van der Waals surface area contributed by atoms with Crippen LogP contribution in [0.4, 0.5) is 0 Å². The fraction of sp³-hybridized carbons (Fsp3) is 0.632. The first-order valence-electron chi connectivity index (χ1n) is 9.48. The maximum Gasteiger partial charge on any atom is 0.312 e. The third-order valence-electron chi connectivity index (χ3n) is 5.84. The number of ether oxygens (including phenoxy) is 2. The van der Waals surface area contributed by atoms with Crippen molar-refractivity contribution in [2.75, 3.05) is 45.9 Å². The van der Waals surface area contributed by atoms with Gasteiger partial charge in [0.1, 0.15) is 11.8 Å². The van der Waals surface area contributed by atoms with Crippen LogP contribution in [-0.4, -0.2) is 78.7 Å². The molecule has 1 spiro atoms. The summed E-state index contributed by atoms with van der Waals surface area (Å²) in [6.45, 7) is 5.11. The van der Waals surface area contributed by atoms with Gasteiger partial charge in [0.05, 0.1) is 23.7 Å². The number of piperidine rings is 1. The summed E-state index contributed by atoms with van der Waals surface area (Å²) in [7, 11) is 0. The van der Waals surface area contributed by atoms with Crippen molar-refractivity contribution in [2.24, 2.45) is 5.41 Å². The Kier molecular flexibility index (Phi) is 5.34. The first-order chi connectivity index (χ1) is 13.1. The Balaban J connectivity index is 1.34. The highest BCUT2D eigenvalue weighted by molar-refractivity contribution is 6.30. The molecule has 1 amide bonds. The van der Waals surface area contributed by atoms with Crippen LogP contribution in [-0.2, 0) is 14.3 Å². The van der Waals surface area contributed by atoms with Gasteiger partial charge in [-0.25, -0.2) is 4.98 Å². The Labute approximate surface area is 163 Å². The number of nitrogens with zero attached hydrogens (tertiary/aromatic N) is 3. The molecule has 3 aliphatic heterocycles. The van der Waals surface area contributed by atoms with E-state index in [0.717, 1.165) is 39.3 Å². The van der Waals surface area contributed by atoms with E-state index in [2.05, 4.69) is 9.88 Å². The van der Waals surface area contributed by atoms with Crippen LogP contribution in [0.1, 0.15) is 29.8 Å². The molecule has 0 saturated carbocycles. The van der Waals surface area contributed by atoms with Crippen molar-refractivity contribution in [3.05, 3.63) is 29.0 Å². The van der Waals surface area contributed by atoms with Crippen LogP contribution >= 0.6 is 11.6 Å². The van der Waals surface area contributed by atoms with Gasteiger partial charge >= 0.3 is 5.97 Å². The number of amides is 1. The number of halogens is 1. The highest BCUT2D eigenvalue weighted by Crippen LogP contribution is 2.43. The molecule has 1 unspecified atom stereocenters. The molecule has 0 aromatic carbocycles. The van der Waals surface area contributed by atoms with E-state index in [-0.39, 0.29) is 18.0 Å². The molecule has 4 rings (SSSR count). The quantitative estimate of drug-likeness (QED) is 0.726. The van der Waals surface area contributed by atoms with Gasteiger partial charge in [-0.05, 0) is 25.0 Å². The lowest BCUT2D eigenvalue weighted by atomic mass is 9.76. The molecule has 0 bridgehead atoms. The predicted octanol–water partition coefficient (Wildman–Crippen LogP) is 1.61. The van der Waals surface area contributed by atoms with Crippen LogP contribution in [0.3, 0.4) is 0 Å². The number of pyridine rings is 1. The SMILES string of the molecule is O=C(c1ccc(Cl)cn1)N1CCC2(CC1)CC(CN1CCOCC1)OC2=O. The maximum absolute atomic E-state index is 12.6. The van der Waals surface area contributed by atoms with Crippen molar-refractivity contribution in [3.63, 3.8) is 0 Å². The summed E-state index contributed by atoms with van der Waals surface area (Å²) in [5.74, 6) is -0.213. The van der Waals surface area contributed by atoms with Crippen LogP contribution in [0.2, 0.25) is 5.02 Å². The number of carbonyl (C=O) groups is 2.